The van der Waals surface area contributed by atoms with Gasteiger partial charge in [-0.05, 0) is 24.8 Å². The van der Waals surface area contributed by atoms with Gasteiger partial charge in [0, 0.05) is 26.4 Å². The normalized spacial score (nSPS) is 12.7. The molecule has 3 N–H and O–H groups in total. The number of hydrogen-bond acceptors (Lipinski definition) is 4. The summed E-state index contributed by atoms with van der Waals surface area (Å²) in [5.74, 6) is 1.65. The zero-order valence-corrected chi connectivity index (χ0v) is 12.1. The van der Waals surface area contributed by atoms with Gasteiger partial charge in [-0.1, -0.05) is 13.8 Å². The summed E-state index contributed by atoms with van der Waals surface area (Å²) in [6, 6.07) is 0. The van der Waals surface area contributed by atoms with Gasteiger partial charge in [0.2, 0.25) is 5.91 Å². The van der Waals surface area contributed by atoms with Crippen LogP contribution in [0.4, 0.5) is 0 Å². The first-order valence-corrected chi connectivity index (χ1v) is 6.82. The molecule has 108 valence electrons. The third kappa shape index (κ3) is 6.33. The van der Waals surface area contributed by atoms with Crippen molar-refractivity contribution >= 4 is 5.91 Å². The summed E-state index contributed by atoms with van der Waals surface area (Å²) in [6.45, 7) is 5.43. The van der Waals surface area contributed by atoms with E-state index >= 15 is 0 Å². The molecule has 0 aromatic carbocycles. The number of carbonyl (C=O) groups excluding carboxylic acids is 1. The Balaban J connectivity index is 2.23. The summed E-state index contributed by atoms with van der Waals surface area (Å²) < 4.78 is 1.66. The summed E-state index contributed by atoms with van der Waals surface area (Å²) in [5.41, 5.74) is 5.69. The van der Waals surface area contributed by atoms with Crippen LogP contribution in [0.15, 0.2) is 6.33 Å². The van der Waals surface area contributed by atoms with E-state index in [-0.39, 0.29) is 11.8 Å². The molecule has 1 rings (SSSR count). The average Bonchev–Trinajstić information content (AvgIpc) is 2.73. The fourth-order valence-electron chi connectivity index (χ4n) is 2.08. The van der Waals surface area contributed by atoms with E-state index in [9.17, 15) is 4.79 Å². The molecule has 0 spiro atoms. The number of nitrogens with two attached hydrogens (primary N) is 1. The summed E-state index contributed by atoms with van der Waals surface area (Å²) in [7, 11) is 1.83. The SMILES string of the molecule is CC(C)C[C@H](CN)CC(=O)NCCc1ncn(C)n1. The summed E-state index contributed by atoms with van der Waals surface area (Å²) >= 11 is 0. The standard InChI is InChI=1S/C13H25N5O/c1-10(2)6-11(8-14)7-13(19)15-5-4-12-16-9-18(3)17-12/h9-11H,4-8,14H2,1-3H3,(H,15,19)/t11-/m0/s1. The smallest absolute Gasteiger partial charge is 0.220 e. The first-order chi connectivity index (χ1) is 9.01. The van der Waals surface area contributed by atoms with Crippen LogP contribution < -0.4 is 11.1 Å². The molecule has 0 aliphatic carbocycles. The van der Waals surface area contributed by atoms with Gasteiger partial charge in [-0.3, -0.25) is 9.48 Å². The van der Waals surface area contributed by atoms with Crippen molar-refractivity contribution in [3.8, 4) is 0 Å². The third-order valence-electron chi connectivity index (χ3n) is 2.93. The Labute approximate surface area is 114 Å². The molecule has 0 radical (unpaired) electrons. The fourth-order valence-corrected chi connectivity index (χ4v) is 2.08. The van der Waals surface area contributed by atoms with Gasteiger partial charge in [0.05, 0.1) is 0 Å². The average molecular weight is 267 g/mol. The first-order valence-electron chi connectivity index (χ1n) is 6.82. The number of aryl methyl sites for hydroxylation is 1. The van der Waals surface area contributed by atoms with Crippen molar-refractivity contribution in [1.29, 1.82) is 0 Å². The van der Waals surface area contributed by atoms with Gasteiger partial charge in [-0.15, -0.1) is 0 Å². The van der Waals surface area contributed by atoms with Crippen molar-refractivity contribution in [1.82, 2.24) is 20.1 Å². The molecule has 6 heteroatoms. The molecule has 0 saturated carbocycles. The lowest BCUT2D eigenvalue weighted by Crippen LogP contribution is -2.30. The lowest BCUT2D eigenvalue weighted by atomic mass is 9.94. The Morgan fingerprint density at radius 1 is 1.53 bits per heavy atom. The van der Waals surface area contributed by atoms with E-state index in [1.54, 1.807) is 11.0 Å². The maximum atomic E-state index is 11.8. The molecular formula is C13H25N5O. The van der Waals surface area contributed by atoms with Crippen molar-refractivity contribution in [3.05, 3.63) is 12.2 Å². The van der Waals surface area contributed by atoms with Crippen LogP contribution in [-0.4, -0.2) is 33.8 Å². The van der Waals surface area contributed by atoms with Crippen LogP contribution in [0.2, 0.25) is 0 Å². The number of nitrogens with zero attached hydrogens (tertiary/aromatic N) is 3. The summed E-state index contributed by atoms with van der Waals surface area (Å²) in [4.78, 5) is 15.9. The molecule has 0 aliphatic rings. The minimum Gasteiger partial charge on any atom is -0.356 e. The van der Waals surface area contributed by atoms with Gasteiger partial charge in [-0.25, -0.2) is 4.98 Å². The van der Waals surface area contributed by atoms with Gasteiger partial charge in [0.25, 0.3) is 0 Å². The van der Waals surface area contributed by atoms with Crippen LogP contribution in [0.3, 0.4) is 0 Å². The van der Waals surface area contributed by atoms with Crippen LogP contribution in [0.25, 0.3) is 0 Å². The second-order valence-electron chi connectivity index (χ2n) is 5.37. The third-order valence-corrected chi connectivity index (χ3v) is 2.93. The van der Waals surface area contributed by atoms with E-state index in [2.05, 4.69) is 29.2 Å². The Kier molecular flexibility index (Phi) is 6.49. The van der Waals surface area contributed by atoms with Gasteiger partial charge in [0.15, 0.2) is 5.82 Å². The summed E-state index contributed by atoms with van der Waals surface area (Å²) in [6.07, 6.45) is 3.81. The number of aromatic nitrogens is 3. The van der Waals surface area contributed by atoms with Crippen LogP contribution in [0.5, 0.6) is 0 Å². The highest BCUT2D eigenvalue weighted by molar-refractivity contribution is 5.76. The number of hydrogen-bond donors (Lipinski definition) is 2. The lowest BCUT2D eigenvalue weighted by Gasteiger charge is -2.16. The van der Waals surface area contributed by atoms with E-state index in [1.165, 1.54) is 0 Å². The Morgan fingerprint density at radius 2 is 2.26 bits per heavy atom. The maximum Gasteiger partial charge on any atom is 0.220 e. The number of rotatable bonds is 8. The highest BCUT2D eigenvalue weighted by Crippen LogP contribution is 2.13. The second-order valence-corrected chi connectivity index (χ2v) is 5.37. The summed E-state index contributed by atoms with van der Waals surface area (Å²) in [5, 5.41) is 7.05. The van der Waals surface area contributed by atoms with Crippen molar-refractivity contribution < 1.29 is 4.79 Å². The maximum absolute atomic E-state index is 11.8. The molecule has 1 heterocycles. The molecule has 6 nitrogen and oxygen atoms in total. The Bertz CT molecular complexity index is 388. The van der Waals surface area contributed by atoms with Crippen molar-refractivity contribution in [3.63, 3.8) is 0 Å². The Hall–Kier alpha value is -1.43. The van der Waals surface area contributed by atoms with Crippen LogP contribution in [-0.2, 0) is 18.3 Å². The van der Waals surface area contributed by atoms with Crippen LogP contribution >= 0.6 is 0 Å². The second kappa shape index (κ2) is 7.89. The highest BCUT2D eigenvalue weighted by Gasteiger charge is 2.13. The van der Waals surface area contributed by atoms with Gasteiger partial charge in [-0.2, -0.15) is 5.10 Å². The number of nitrogens with one attached hydrogen (secondary N) is 1. The van der Waals surface area contributed by atoms with E-state index in [0.717, 1.165) is 12.2 Å². The molecule has 0 fully saturated rings. The van der Waals surface area contributed by atoms with Crippen LogP contribution in [0, 0.1) is 11.8 Å². The fraction of sp³-hybridized carbons (Fsp3) is 0.769. The monoisotopic (exact) mass is 267 g/mol. The Morgan fingerprint density at radius 3 is 2.79 bits per heavy atom. The molecule has 0 bridgehead atoms. The number of amides is 1. The zero-order valence-electron chi connectivity index (χ0n) is 12.1. The molecule has 1 aromatic rings. The van der Waals surface area contributed by atoms with E-state index in [0.29, 0.717) is 31.8 Å². The predicted octanol–water partition coefficient (Wildman–Crippen LogP) is 0.485. The molecule has 1 atom stereocenters. The molecule has 0 unspecified atom stereocenters. The lowest BCUT2D eigenvalue weighted by molar-refractivity contribution is -0.122. The molecule has 1 aromatic heterocycles. The molecule has 0 saturated heterocycles. The minimum atomic E-state index is 0.0621. The van der Waals surface area contributed by atoms with Gasteiger partial charge < -0.3 is 11.1 Å². The van der Waals surface area contributed by atoms with E-state index in [1.807, 2.05) is 7.05 Å². The van der Waals surface area contributed by atoms with Crippen LogP contribution in [0.1, 0.15) is 32.5 Å². The predicted molar refractivity (Wildman–Crippen MR) is 74.3 cm³/mol. The molecule has 19 heavy (non-hydrogen) atoms. The zero-order chi connectivity index (χ0) is 14.3. The minimum absolute atomic E-state index is 0.0621. The van der Waals surface area contributed by atoms with Gasteiger partial charge in [0.1, 0.15) is 6.33 Å². The molecule has 1 amide bonds. The van der Waals surface area contributed by atoms with Gasteiger partial charge >= 0.3 is 0 Å². The quantitative estimate of drug-likeness (QED) is 0.717. The van der Waals surface area contributed by atoms with E-state index in [4.69, 9.17) is 5.73 Å². The highest BCUT2D eigenvalue weighted by atomic mass is 16.1. The van der Waals surface area contributed by atoms with Crippen molar-refractivity contribution in [2.24, 2.45) is 24.6 Å². The molecule has 0 aliphatic heterocycles. The topological polar surface area (TPSA) is 85.8 Å². The molecular weight excluding hydrogens is 242 g/mol. The van der Waals surface area contributed by atoms with Crippen molar-refractivity contribution in [2.75, 3.05) is 13.1 Å². The van der Waals surface area contributed by atoms with E-state index < -0.39 is 0 Å². The van der Waals surface area contributed by atoms with Crippen molar-refractivity contribution in [2.45, 2.75) is 33.1 Å². The number of carbonyl (C=O) groups is 1. The first kappa shape index (κ1) is 15.6. The largest absolute Gasteiger partial charge is 0.356 e.